The molecule has 0 radical (unpaired) electrons. The molecular weight excluding hydrogens is 454 g/mol. The third kappa shape index (κ3) is 5.56. The van der Waals surface area contributed by atoms with Gasteiger partial charge in [-0.1, -0.05) is 30.3 Å². The van der Waals surface area contributed by atoms with Crippen molar-refractivity contribution in [2.24, 2.45) is 4.99 Å². The van der Waals surface area contributed by atoms with Crippen molar-refractivity contribution < 1.29 is 13.2 Å². The molecule has 0 bridgehead atoms. The second-order valence-electron chi connectivity index (χ2n) is 7.60. The summed E-state index contributed by atoms with van der Waals surface area (Å²) >= 11 is 0. The second-order valence-corrected chi connectivity index (χ2v) is 9.43. The van der Waals surface area contributed by atoms with Gasteiger partial charge in [-0.2, -0.15) is 0 Å². The zero-order chi connectivity index (χ0) is 24.1. The fourth-order valence-corrected chi connectivity index (χ4v) is 3.98. The monoisotopic (exact) mass is 479 g/mol. The number of pyridine rings is 1. The first-order chi connectivity index (χ1) is 16.3. The maximum Gasteiger partial charge on any atom is 0.223 e. The van der Waals surface area contributed by atoms with Gasteiger partial charge in [-0.15, -0.1) is 0 Å². The van der Waals surface area contributed by atoms with Crippen molar-refractivity contribution in [1.29, 1.82) is 0 Å². The molecule has 0 unspecified atom stereocenters. The molecule has 176 valence electrons. The second kappa shape index (κ2) is 9.98. The summed E-state index contributed by atoms with van der Waals surface area (Å²) in [5, 5.41) is 3.04. The third-order valence-electron chi connectivity index (χ3n) is 5.10. The highest BCUT2D eigenvalue weighted by Gasteiger charge is 2.24. The number of sulfonamides is 1. The van der Waals surface area contributed by atoms with Crippen LogP contribution < -0.4 is 20.5 Å². The maximum atomic E-state index is 11.2. The van der Waals surface area contributed by atoms with Gasteiger partial charge in [0.05, 0.1) is 30.5 Å². The number of nitrogen functional groups attached to an aromatic ring is 1. The molecule has 1 aromatic carbocycles. The van der Waals surface area contributed by atoms with Crippen LogP contribution >= 0.6 is 0 Å². The third-order valence-corrected chi connectivity index (χ3v) is 5.83. The minimum atomic E-state index is -3.26. The highest BCUT2D eigenvalue weighted by molar-refractivity contribution is 7.88. The standard InChI is InChI=1S/C23H25N7O3S/c1-33-20-12-16(14-27-22(20)24)17-13-19(15-6-4-3-5-7-15)29-21(17)18-8-9-25-23(30-18)26-10-11-28-34(2,31)32/h3-9,12,14,28H,10-11,13H2,1-2H3,(H2,24,27)(H,25,26,30). The van der Waals surface area contributed by atoms with E-state index in [4.69, 9.17) is 15.5 Å². The van der Waals surface area contributed by atoms with E-state index in [1.165, 1.54) is 0 Å². The quantitative estimate of drug-likeness (QED) is 0.396. The van der Waals surface area contributed by atoms with Gasteiger partial charge in [-0.25, -0.2) is 33.1 Å². The molecule has 2 aromatic heterocycles. The van der Waals surface area contributed by atoms with Crippen LogP contribution in [0.3, 0.4) is 0 Å². The lowest BCUT2D eigenvalue weighted by atomic mass is 9.98. The molecule has 4 N–H and O–H groups in total. The number of aromatic nitrogens is 3. The number of methoxy groups -OCH3 is 1. The number of anilines is 2. The van der Waals surface area contributed by atoms with Gasteiger partial charge in [0.2, 0.25) is 16.0 Å². The number of rotatable bonds is 9. The Hall–Kier alpha value is -3.83. The average Bonchev–Trinajstić information content (AvgIpc) is 3.28. The first kappa shape index (κ1) is 23.3. The number of benzene rings is 1. The molecule has 0 amide bonds. The molecule has 0 aliphatic carbocycles. The van der Waals surface area contributed by atoms with Gasteiger partial charge < -0.3 is 15.8 Å². The van der Waals surface area contributed by atoms with Crippen LogP contribution in [-0.4, -0.2) is 55.5 Å². The van der Waals surface area contributed by atoms with Crippen molar-refractivity contribution in [2.75, 3.05) is 37.5 Å². The summed E-state index contributed by atoms with van der Waals surface area (Å²) in [6.07, 6.45) is 5.03. The number of hydrogen-bond donors (Lipinski definition) is 3. The van der Waals surface area contributed by atoms with E-state index in [2.05, 4.69) is 25.0 Å². The number of ether oxygens (including phenoxy) is 1. The fourth-order valence-electron chi connectivity index (χ4n) is 3.51. The van der Waals surface area contributed by atoms with E-state index < -0.39 is 10.0 Å². The number of allylic oxidation sites excluding steroid dienone is 1. The van der Waals surface area contributed by atoms with Crippen LogP contribution in [0.1, 0.15) is 23.2 Å². The maximum absolute atomic E-state index is 11.2. The Balaban J connectivity index is 1.68. The lowest BCUT2D eigenvalue weighted by molar-refractivity contribution is 0.415. The highest BCUT2D eigenvalue weighted by Crippen LogP contribution is 2.38. The van der Waals surface area contributed by atoms with E-state index in [1.807, 2.05) is 36.4 Å². The van der Waals surface area contributed by atoms with E-state index in [0.29, 0.717) is 41.9 Å². The molecule has 1 aliphatic heterocycles. The summed E-state index contributed by atoms with van der Waals surface area (Å²) in [7, 11) is -1.71. The van der Waals surface area contributed by atoms with Crippen molar-refractivity contribution in [3.63, 3.8) is 0 Å². The molecule has 1 aliphatic rings. The van der Waals surface area contributed by atoms with E-state index >= 15 is 0 Å². The smallest absolute Gasteiger partial charge is 0.223 e. The molecule has 3 aromatic rings. The average molecular weight is 480 g/mol. The Bertz CT molecular complexity index is 1360. The van der Waals surface area contributed by atoms with E-state index in [0.717, 1.165) is 28.7 Å². The Morgan fingerprint density at radius 2 is 1.88 bits per heavy atom. The molecule has 10 nitrogen and oxygen atoms in total. The Morgan fingerprint density at radius 1 is 1.09 bits per heavy atom. The summed E-state index contributed by atoms with van der Waals surface area (Å²) in [5.41, 5.74) is 10.9. The SMILES string of the molecule is COc1cc(C2=C(c3ccnc(NCCNS(C)(=O)=O)n3)N=C(c3ccccc3)C2)cnc1N. The van der Waals surface area contributed by atoms with Crippen molar-refractivity contribution >= 4 is 38.8 Å². The van der Waals surface area contributed by atoms with Crippen LogP contribution in [0.25, 0.3) is 11.3 Å². The van der Waals surface area contributed by atoms with Gasteiger partial charge in [0, 0.05) is 37.5 Å². The van der Waals surface area contributed by atoms with Gasteiger partial charge >= 0.3 is 0 Å². The van der Waals surface area contributed by atoms with Crippen LogP contribution in [0, 0.1) is 0 Å². The van der Waals surface area contributed by atoms with Crippen LogP contribution in [0.5, 0.6) is 5.75 Å². The number of hydrogen-bond acceptors (Lipinski definition) is 9. The molecule has 0 fully saturated rings. The van der Waals surface area contributed by atoms with Crippen molar-refractivity contribution in [1.82, 2.24) is 19.7 Å². The summed E-state index contributed by atoms with van der Waals surface area (Å²) in [6.45, 7) is 0.549. The first-order valence-corrected chi connectivity index (χ1v) is 12.4. The van der Waals surface area contributed by atoms with Gasteiger partial charge in [0.25, 0.3) is 0 Å². The zero-order valence-corrected chi connectivity index (χ0v) is 19.6. The normalized spacial score (nSPS) is 13.6. The van der Waals surface area contributed by atoms with Gasteiger partial charge in [-0.3, -0.25) is 0 Å². The van der Waals surface area contributed by atoms with E-state index in [9.17, 15) is 8.42 Å². The van der Waals surface area contributed by atoms with Crippen LogP contribution in [0.15, 0.2) is 59.9 Å². The molecule has 3 heterocycles. The summed E-state index contributed by atoms with van der Waals surface area (Å²) < 4.78 is 30.3. The van der Waals surface area contributed by atoms with Crippen molar-refractivity contribution in [2.45, 2.75) is 6.42 Å². The minimum Gasteiger partial charge on any atom is -0.493 e. The molecule has 4 rings (SSSR count). The number of nitrogens with zero attached hydrogens (tertiary/aromatic N) is 4. The summed E-state index contributed by atoms with van der Waals surface area (Å²) in [4.78, 5) is 18.0. The number of aliphatic imine (C=N–C) groups is 1. The predicted octanol–water partition coefficient (Wildman–Crippen LogP) is 2.18. The Labute approximate surface area is 198 Å². The van der Waals surface area contributed by atoms with E-state index in [-0.39, 0.29) is 6.54 Å². The number of nitrogens with two attached hydrogens (primary N) is 1. The van der Waals surface area contributed by atoms with Gasteiger partial charge in [0.1, 0.15) is 0 Å². The van der Waals surface area contributed by atoms with Gasteiger partial charge in [-0.05, 0) is 23.3 Å². The topological polar surface area (TPSA) is 144 Å². The summed E-state index contributed by atoms with van der Waals surface area (Å²) in [6, 6.07) is 13.6. The minimum absolute atomic E-state index is 0.216. The van der Waals surface area contributed by atoms with Gasteiger partial charge in [0.15, 0.2) is 11.6 Å². The largest absolute Gasteiger partial charge is 0.493 e. The molecular formula is C23H25N7O3S. The first-order valence-electron chi connectivity index (χ1n) is 10.5. The van der Waals surface area contributed by atoms with Crippen molar-refractivity contribution in [3.8, 4) is 5.75 Å². The molecule has 0 spiro atoms. The molecule has 34 heavy (non-hydrogen) atoms. The Morgan fingerprint density at radius 3 is 2.62 bits per heavy atom. The highest BCUT2D eigenvalue weighted by atomic mass is 32.2. The van der Waals surface area contributed by atoms with Crippen LogP contribution in [-0.2, 0) is 10.0 Å². The van der Waals surface area contributed by atoms with Crippen LogP contribution in [0.4, 0.5) is 11.8 Å². The predicted molar refractivity (Wildman–Crippen MR) is 133 cm³/mol. The number of nitrogens with one attached hydrogen (secondary N) is 2. The van der Waals surface area contributed by atoms with Crippen LogP contribution in [0.2, 0.25) is 0 Å². The Kier molecular flexibility index (Phi) is 6.85. The molecule has 0 saturated carbocycles. The molecule has 0 atom stereocenters. The van der Waals surface area contributed by atoms with Crippen molar-refractivity contribution in [3.05, 3.63) is 71.7 Å². The summed E-state index contributed by atoms with van der Waals surface area (Å²) in [5.74, 6) is 1.17. The molecule has 0 saturated heterocycles. The zero-order valence-electron chi connectivity index (χ0n) is 18.8. The van der Waals surface area contributed by atoms with E-state index in [1.54, 1.807) is 25.6 Å². The molecule has 11 heteroatoms. The lowest BCUT2D eigenvalue weighted by Crippen LogP contribution is -2.28. The fraction of sp³-hybridized carbons (Fsp3) is 0.217. The lowest BCUT2D eigenvalue weighted by Gasteiger charge is -2.10.